The highest BCUT2D eigenvalue weighted by Crippen LogP contribution is 2.17. The van der Waals surface area contributed by atoms with Crippen molar-refractivity contribution >= 4 is 22.9 Å². The molecule has 1 rings (SSSR count). The van der Waals surface area contributed by atoms with E-state index in [1.165, 1.54) is 11.3 Å². The van der Waals surface area contributed by atoms with Crippen molar-refractivity contribution in [1.82, 2.24) is 0 Å². The monoisotopic (exact) mass is 142 g/mol. The minimum Gasteiger partial charge on any atom is -0.134 e. The summed E-state index contributed by atoms with van der Waals surface area (Å²) in [5.74, 6) is 2.48. The van der Waals surface area contributed by atoms with Gasteiger partial charge in [-0.25, -0.2) is 0 Å². The fraction of sp³-hybridized carbons (Fsp3) is 0. The van der Waals surface area contributed by atoms with E-state index >= 15 is 0 Å². The molecule has 0 bridgehead atoms. The topological polar surface area (TPSA) is 0 Å². The molecule has 0 radical (unpaired) electrons. The summed E-state index contributed by atoms with van der Waals surface area (Å²) >= 11 is 7.04. The van der Waals surface area contributed by atoms with E-state index in [0.29, 0.717) is 0 Å². The Morgan fingerprint density at radius 1 is 1.75 bits per heavy atom. The average molecular weight is 143 g/mol. The molecule has 40 valence electrons. The van der Waals surface area contributed by atoms with Gasteiger partial charge in [0.1, 0.15) is 0 Å². The van der Waals surface area contributed by atoms with E-state index in [1.54, 1.807) is 6.07 Å². The van der Waals surface area contributed by atoms with Crippen molar-refractivity contribution in [3.8, 4) is 12.3 Å². The lowest BCUT2D eigenvalue weighted by Gasteiger charge is -1.68. The SMILES string of the molecule is C#Cc1cc(Cl)cs1. The first kappa shape index (κ1) is 5.68. The average Bonchev–Trinajstić information content (AvgIpc) is 2.14. The van der Waals surface area contributed by atoms with Gasteiger partial charge in [0.2, 0.25) is 0 Å². The van der Waals surface area contributed by atoms with Crippen LogP contribution in [-0.2, 0) is 0 Å². The van der Waals surface area contributed by atoms with Gasteiger partial charge in [-0.15, -0.1) is 17.8 Å². The van der Waals surface area contributed by atoms with Crippen LogP contribution in [0.2, 0.25) is 5.02 Å². The van der Waals surface area contributed by atoms with Crippen LogP contribution in [-0.4, -0.2) is 0 Å². The largest absolute Gasteiger partial charge is 0.134 e. The molecule has 0 aliphatic heterocycles. The first-order valence-electron chi connectivity index (χ1n) is 2.03. The molecule has 0 amide bonds. The van der Waals surface area contributed by atoms with Crippen LogP contribution in [0.5, 0.6) is 0 Å². The maximum absolute atomic E-state index is 5.55. The van der Waals surface area contributed by atoms with Crippen molar-refractivity contribution in [1.29, 1.82) is 0 Å². The third-order valence-electron chi connectivity index (χ3n) is 0.710. The molecule has 0 atom stereocenters. The summed E-state index contributed by atoms with van der Waals surface area (Å²) < 4.78 is 0. The summed E-state index contributed by atoms with van der Waals surface area (Å²) in [5.41, 5.74) is 0. The van der Waals surface area contributed by atoms with Gasteiger partial charge in [0, 0.05) is 5.38 Å². The normalized spacial score (nSPS) is 8.50. The smallest absolute Gasteiger partial charge is 0.0781 e. The molecule has 0 aliphatic carbocycles. The fourth-order valence-electron chi connectivity index (χ4n) is 0.389. The van der Waals surface area contributed by atoms with Crippen molar-refractivity contribution in [3.63, 3.8) is 0 Å². The molecule has 0 aliphatic rings. The third-order valence-corrected chi connectivity index (χ3v) is 1.92. The van der Waals surface area contributed by atoms with Crippen LogP contribution in [0.4, 0.5) is 0 Å². The Kier molecular flexibility index (Phi) is 1.57. The zero-order valence-electron chi connectivity index (χ0n) is 4.02. The Labute approximate surface area is 57.1 Å². The fourth-order valence-corrected chi connectivity index (χ4v) is 1.27. The number of thiophene rings is 1. The number of hydrogen-bond acceptors (Lipinski definition) is 1. The standard InChI is InChI=1S/C6H3ClS/c1-2-6-3-5(7)4-8-6/h1,3-4H. The zero-order chi connectivity index (χ0) is 5.98. The highest BCUT2D eigenvalue weighted by atomic mass is 35.5. The van der Waals surface area contributed by atoms with Crippen molar-refractivity contribution in [3.05, 3.63) is 21.3 Å². The lowest BCUT2D eigenvalue weighted by molar-refractivity contribution is 1.94. The summed E-state index contributed by atoms with van der Waals surface area (Å²) in [7, 11) is 0. The first-order valence-corrected chi connectivity index (χ1v) is 3.29. The molecule has 1 aromatic heterocycles. The molecule has 0 spiro atoms. The molecule has 0 unspecified atom stereocenters. The van der Waals surface area contributed by atoms with Crippen LogP contribution in [0.25, 0.3) is 0 Å². The predicted molar refractivity (Wildman–Crippen MR) is 37.3 cm³/mol. The van der Waals surface area contributed by atoms with Gasteiger partial charge in [-0.3, -0.25) is 0 Å². The summed E-state index contributed by atoms with van der Waals surface area (Å²) in [6.45, 7) is 0. The molecular weight excluding hydrogens is 140 g/mol. The summed E-state index contributed by atoms with van der Waals surface area (Å²) in [6.07, 6.45) is 5.06. The van der Waals surface area contributed by atoms with Crippen molar-refractivity contribution in [2.75, 3.05) is 0 Å². The highest BCUT2D eigenvalue weighted by Gasteiger charge is 1.89. The Hall–Kier alpha value is -0.450. The number of halogens is 1. The van der Waals surface area contributed by atoms with E-state index in [0.717, 1.165) is 9.90 Å². The molecule has 0 saturated carbocycles. The molecule has 0 saturated heterocycles. The van der Waals surface area contributed by atoms with Crippen LogP contribution >= 0.6 is 22.9 Å². The van der Waals surface area contributed by atoms with Crippen LogP contribution < -0.4 is 0 Å². The second-order valence-electron chi connectivity index (χ2n) is 1.27. The lowest BCUT2D eigenvalue weighted by atomic mass is 10.5. The highest BCUT2D eigenvalue weighted by molar-refractivity contribution is 7.11. The minimum atomic E-state index is 0.725. The summed E-state index contributed by atoms with van der Waals surface area (Å²) in [6, 6.07) is 1.77. The van der Waals surface area contributed by atoms with E-state index < -0.39 is 0 Å². The predicted octanol–water partition coefficient (Wildman–Crippen LogP) is 2.38. The Bertz CT molecular complexity index is 219. The molecule has 0 nitrogen and oxygen atoms in total. The number of hydrogen-bond donors (Lipinski definition) is 0. The summed E-state index contributed by atoms with van der Waals surface area (Å²) in [4.78, 5) is 0.884. The Balaban J connectivity index is 3.05. The second kappa shape index (κ2) is 2.21. The van der Waals surface area contributed by atoms with Crippen LogP contribution in [0.15, 0.2) is 11.4 Å². The van der Waals surface area contributed by atoms with E-state index in [9.17, 15) is 0 Å². The van der Waals surface area contributed by atoms with E-state index in [4.69, 9.17) is 18.0 Å². The van der Waals surface area contributed by atoms with Gasteiger partial charge in [0.05, 0.1) is 9.90 Å². The minimum absolute atomic E-state index is 0.725. The Morgan fingerprint density at radius 2 is 2.50 bits per heavy atom. The molecule has 0 fully saturated rings. The Morgan fingerprint density at radius 3 is 2.75 bits per heavy atom. The number of terminal acetylenes is 1. The molecule has 0 N–H and O–H groups in total. The number of rotatable bonds is 0. The summed E-state index contributed by atoms with van der Waals surface area (Å²) in [5, 5.41) is 2.54. The maximum Gasteiger partial charge on any atom is 0.0781 e. The van der Waals surface area contributed by atoms with Gasteiger partial charge in [-0.05, 0) is 6.07 Å². The molecule has 1 aromatic rings. The quantitative estimate of drug-likeness (QED) is 0.488. The van der Waals surface area contributed by atoms with Crippen LogP contribution in [0.3, 0.4) is 0 Å². The molecule has 1 heterocycles. The van der Waals surface area contributed by atoms with E-state index in [2.05, 4.69) is 5.92 Å². The van der Waals surface area contributed by atoms with Crippen LogP contribution in [0, 0.1) is 12.3 Å². The van der Waals surface area contributed by atoms with Gasteiger partial charge in [0.25, 0.3) is 0 Å². The molecule has 0 aromatic carbocycles. The lowest BCUT2D eigenvalue weighted by Crippen LogP contribution is -1.52. The van der Waals surface area contributed by atoms with Crippen LogP contribution in [0.1, 0.15) is 4.88 Å². The molecule has 2 heteroatoms. The van der Waals surface area contributed by atoms with Crippen molar-refractivity contribution < 1.29 is 0 Å². The molecule has 8 heavy (non-hydrogen) atoms. The van der Waals surface area contributed by atoms with Crippen molar-refractivity contribution in [2.45, 2.75) is 0 Å². The van der Waals surface area contributed by atoms with E-state index in [1.807, 2.05) is 5.38 Å². The van der Waals surface area contributed by atoms with Crippen molar-refractivity contribution in [2.24, 2.45) is 0 Å². The van der Waals surface area contributed by atoms with Gasteiger partial charge in [0.15, 0.2) is 0 Å². The molecular formula is C6H3ClS. The van der Waals surface area contributed by atoms with Gasteiger partial charge < -0.3 is 0 Å². The second-order valence-corrected chi connectivity index (χ2v) is 2.62. The zero-order valence-corrected chi connectivity index (χ0v) is 5.59. The van der Waals surface area contributed by atoms with Gasteiger partial charge in [-0.1, -0.05) is 17.5 Å². The van der Waals surface area contributed by atoms with Gasteiger partial charge in [-0.2, -0.15) is 0 Å². The first-order chi connectivity index (χ1) is 3.83. The maximum atomic E-state index is 5.55. The van der Waals surface area contributed by atoms with Gasteiger partial charge >= 0.3 is 0 Å². The van der Waals surface area contributed by atoms with E-state index in [-0.39, 0.29) is 0 Å². The third kappa shape index (κ3) is 1.03.